The second kappa shape index (κ2) is 5.32. The molecule has 1 aromatic carbocycles. The number of hydrogen-bond acceptors (Lipinski definition) is 3. The van der Waals surface area contributed by atoms with Crippen LogP contribution in [-0.4, -0.2) is 13.1 Å². The van der Waals surface area contributed by atoms with E-state index < -0.39 is 0 Å². The first kappa shape index (κ1) is 13.0. The van der Waals surface area contributed by atoms with Crippen molar-refractivity contribution in [2.75, 3.05) is 7.11 Å². The molecule has 1 aliphatic carbocycles. The molecule has 0 saturated heterocycles. The van der Waals surface area contributed by atoms with E-state index in [4.69, 9.17) is 5.73 Å². The number of ether oxygens (including phenoxy) is 1. The highest BCUT2D eigenvalue weighted by molar-refractivity contribution is 5.89. The fourth-order valence-corrected chi connectivity index (χ4v) is 1.72. The fraction of sp³-hybridized carbons (Fsp3) is 0.417. The molecule has 0 spiro atoms. The van der Waals surface area contributed by atoms with Crippen LogP contribution in [0.4, 0.5) is 0 Å². The van der Waals surface area contributed by atoms with Crippen LogP contribution >= 0.6 is 12.4 Å². The van der Waals surface area contributed by atoms with E-state index in [1.165, 1.54) is 20.0 Å². The second-order valence-electron chi connectivity index (χ2n) is 3.98. The Hall–Kier alpha value is -1.06. The van der Waals surface area contributed by atoms with Crippen LogP contribution in [0, 0.1) is 5.92 Å². The maximum Gasteiger partial charge on any atom is 0.337 e. The Balaban J connectivity index is 0.00000128. The van der Waals surface area contributed by atoms with Gasteiger partial charge < -0.3 is 10.5 Å². The average Bonchev–Trinajstić information content (AvgIpc) is 3.11. The lowest BCUT2D eigenvalue weighted by Gasteiger charge is -2.11. The number of nitrogens with two attached hydrogens (primary N) is 1. The number of halogens is 1. The summed E-state index contributed by atoms with van der Waals surface area (Å²) in [6.07, 6.45) is 2.40. The van der Waals surface area contributed by atoms with Gasteiger partial charge in [-0.05, 0) is 36.5 Å². The Morgan fingerprint density at radius 3 is 2.75 bits per heavy atom. The quantitative estimate of drug-likeness (QED) is 0.827. The van der Waals surface area contributed by atoms with E-state index in [2.05, 4.69) is 4.74 Å². The van der Waals surface area contributed by atoms with E-state index >= 15 is 0 Å². The summed E-state index contributed by atoms with van der Waals surface area (Å²) in [7, 11) is 1.38. The van der Waals surface area contributed by atoms with Gasteiger partial charge in [0, 0.05) is 6.04 Å². The van der Waals surface area contributed by atoms with Crippen molar-refractivity contribution in [1.82, 2.24) is 0 Å². The van der Waals surface area contributed by atoms with Crippen LogP contribution in [0.3, 0.4) is 0 Å². The minimum absolute atomic E-state index is 0. The molecule has 1 aromatic rings. The predicted molar refractivity (Wildman–Crippen MR) is 64.7 cm³/mol. The molecule has 16 heavy (non-hydrogen) atoms. The third kappa shape index (κ3) is 2.74. The minimum atomic E-state index is -0.306. The first-order valence-electron chi connectivity index (χ1n) is 5.16. The number of benzene rings is 1. The maximum absolute atomic E-state index is 11.3. The largest absolute Gasteiger partial charge is 0.465 e. The minimum Gasteiger partial charge on any atom is -0.465 e. The van der Waals surface area contributed by atoms with Crippen molar-refractivity contribution in [3.05, 3.63) is 35.4 Å². The molecule has 1 fully saturated rings. The Morgan fingerprint density at radius 2 is 2.19 bits per heavy atom. The van der Waals surface area contributed by atoms with E-state index in [9.17, 15) is 4.79 Å². The normalized spacial score (nSPS) is 16.1. The summed E-state index contributed by atoms with van der Waals surface area (Å²) in [5.41, 5.74) is 7.66. The van der Waals surface area contributed by atoms with Gasteiger partial charge in [0.2, 0.25) is 0 Å². The lowest BCUT2D eigenvalue weighted by molar-refractivity contribution is 0.0600. The van der Waals surface area contributed by atoms with Crippen molar-refractivity contribution in [3.8, 4) is 0 Å². The van der Waals surface area contributed by atoms with Crippen molar-refractivity contribution in [2.24, 2.45) is 11.7 Å². The lowest BCUT2D eigenvalue weighted by atomic mass is 10.0. The van der Waals surface area contributed by atoms with E-state index in [0.29, 0.717) is 11.5 Å². The summed E-state index contributed by atoms with van der Waals surface area (Å²) in [4.78, 5) is 11.3. The number of rotatable bonds is 3. The molecule has 0 amide bonds. The Bertz CT molecular complexity index is 377. The molecular weight excluding hydrogens is 226 g/mol. The van der Waals surface area contributed by atoms with E-state index in [0.717, 1.165) is 5.56 Å². The van der Waals surface area contributed by atoms with Gasteiger partial charge in [-0.1, -0.05) is 12.1 Å². The van der Waals surface area contributed by atoms with Gasteiger partial charge in [0.25, 0.3) is 0 Å². The summed E-state index contributed by atoms with van der Waals surface area (Å²) in [6.45, 7) is 0. The van der Waals surface area contributed by atoms with Crippen LogP contribution in [0.15, 0.2) is 24.3 Å². The van der Waals surface area contributed by atoms with Gasteiger partial charge in [0.15, 0.2) is 0 Å². The number of carbonyl (C=O) groups is 1. The molecule has 0 bridgehead atoms. The zero-order valence-electron chi connectivity index (χ0n) is 9.18. The Labute approximate surface area is 101 Å². The summed E-state index contributed by atoms with van der Waals surface area (Å²) >= 11 is 0. The highest BCUT2D eigenvalue weighted by atomic mass is 35.5. The van der Waals surface area contributed by atoms with Crippen LogP contribution in [0.2, 0.25) is 0 Å². The van der Waals surface area contributed by atoms with Crippen LogP contribution in [0.1, 0.15) is 34.8 Å². The van der Waals surface area contributed by atoms with Gasteiger partial charge in [0.1, 0.15) is 0 Å². The summed E-state index contributed by atoms with van der Waals surface area (Å²) in [5.74, 6) is 0.290. The lowest BCUT2D eigenvalue weighted by Crippen LogP contribution is -2.13. The Kier molecular flexibility index (Phi) is 4.33. The molecule has 4 heteroatoms. The average molecular weight is 242 g/mol. The molecule has 2 N–H and O–H groups in total. The third-order valence-electron chi connectivity index (χ3n) is 2.82. The van der Waals surface area contributed by atoms with E-state index in [1.807, 2.05) is 18.2 Å². The number of esters is 1. The standard InChI is InChI=1S/C12H15NO2.ClH/c1-15-12(14)10-4-2-3-9(7-10)11(13)8-5-6-8;/h2-4,7-8,11H,5-6,13H2,1H3;1H/t11-;/m1./s1. The molecule has 1 atom stereocenters. The van der Waals surface area contributed by atoms with Crippen LogP contribution in [0.5, 0.6) is 0 Å². The molecular formula is C12H16ClNO2. The monoisotopic (exact) mass is 241 g/mol. The first-order valence-corrected chi connectivity index (χ1v) is 5.16. The van der Waals surface area contributed by atoms with Crippen LogP contribution in [-0.2, 0) is 4.74 Å². The topological polar surface area (TPSA) is 52.3 Å². The molecule has 2 rings (SSSR count). The molecule has 1 aliphatic rings. The SMILES string of the molecule is COC(=O)c1cccc([C@H](N)C2CC2)c1.Cl. The van der Waals surface area contributed by atoms with Crippen molar-refractivity contribution in [2.45, 2.75) is 18.9 Å². The van der Waals surface area contributed by atoms with E-state index in [1.54, 1.807) is 6.07 Å². The zero-order chi connectivity index (χ0) is 10.8. The van der Waals surface area contributed by atoms with Crippen molar-refractivity contribution in [1.29, 1.82) is 0 Å². The van der Waals surface area contributed by atoms with Gasteiger partial charge in [-0.3, -0.25) is 0 Å². The molecule has 0 aliphatic heterocycles. The van der Waals surface area contributed by atoms with Crippen molar-refractivity contribution >= 4 is 18.4 Å². The molecule has 1 saturated carbocycles. The zero-order valence-corrected chi connectivity index (χ0v) is 10.00. The van der Waals surface area contributed by atoms with Gasteiger partial charge >= 0.3 is 5.97 Å². The molecule has 0 aromatic heterocycles. The third-order valence-corrected chi connectivity index (χ3v) is 2.82. The molecule has 0 unspecified atom stereocenters. The maximum atomic E-state index is 11.3. The van der Waals surface area contributed by atoms with Crippen molar-refractivity contribution < 1.29 is 9.53 Å². The highest BCUT2D eigenvalue weighted by Crippen LogP contribution is 2.39. The van der Waals surface area contributed by atoms with Crippen LogP contribution < -0.4 is 5.73 Å². The van der Waals surface area contributed by atoms with Gasteiger partial charge in [0.05, 0.1) is 12.7 Å². The fourth-order valence-electron chi connectivity index (χ4n) is 1.72. The molecule has 3 nitrogen and oxygen atoms in total. The van der Waals surface area contributed by atoms with Crippen molar-refractivity contribution in [3.63, 3.8) is 0 Å². The summed E-state index contributed by atoms with van der Waals surface area (Å²) in [6, 6.07) is 7.46. The molecule has 0 heterocycles. The smallest absolute Gasteiger partial charge is 0.337 e. The van der Waals surface area contributed by atoms with Gasteiger partial charge in [-0.2, -0.15) is 0 Å². The number of methoxy groups -OCH3 is 1. The first-order chi connectivity index (χ1) is 7.22. The highest BCUT2D eigenvalue weighted by Gasteiger charge is 2.29. The van der Waals surface area contributed by atoms with Gasteiger partial charge in [-0.25, -0.2) is 4.79 Å². The summed E-state index contributed by atoms with van der Waals surface area (Å²) in [5, 5.41) is 0. The predicted octanol–water partition coefficient (Wildman–Crippen LogP) is 2.30. The number of hydrogen-bond donors (Lipinski definition) is 1. The van der Waals surface area contributed by atoms with Gasteiger partial charge in [-0.15, -0.1) is 12.4 Å². The second-order valence-corrected chi connectivity index (χ2v) is 3.98. The molecule has 88 valence electrons. The number of carbonyl (C=O) groups excluding carboxylic acids is 1. The Morgan fingerprint density at radius 1 is 1.50 bits per heavy atom. The summed E-state index contributed by atoms with van der Waals surface area (Å²) < 4.78 is 4.67. The van der Waals surface area contributed by atoms with E-state index in [-0.39, 0.29) is 24.4 Å². The van der Waals surface area contributed by atoms with Crippen LogP contribution in [0.25, 0.3) is 0 Å². The molecule has 0 radical (unpaired) electrons.